The third-order valence-electron chi connectivity index (χ3n) is 7.52. The van der Waals surface area contributed by atoms with Crippen molar-refractivity contribution in [3.05, 3.63) is 120 Å². The molecule has 0 N–H and O–H groups in total. The lowest BCUT2D eigenvalue weighted by Gasteiger charge is -2.09. The molecule has 176 valence electrons. The topological polar surface area (TPSA) is 27.2 Å². The number of imidazole rings is 2. The Morgan fingerprint density at radius 3 is 1.89 bits per heavy atom. The summed E-state index contributed by atoms with van der Waals surface area (Å²) >= 11 is 0. The summed E-state index contributed by atoms with van der Waals surface area (Å²) in [4.78, 5) is 5.40. The van der Waals surface area contributed by atoms with Gasteiger partial charge in [-0.2, -0.15) is 0 Å². The molecule has 3 heterocycles. The maximum atomic E-state index is 5.40. The Bertz CT molecular complexity index is 2170. The second kappa shape index (κ2) is 7.34. The molecule has 4 heteroatoms. The molecule has 0 saturated heterocycles. The van der Waals surface area contributed by atoms with E-state index in [1.165, 1.54) is 27.4 Å². The Hall–Kier alpha value is -4.83. The summed E-state index contributed by atoms with van der Waals surface area (Å²) in [5.41, 5.74) is 11.5. The van der Waals surface area contributed by atoms with Gasteiger partial charge in [0.05, 0.1) is 27.6 Å². The van der Waals surface area contributed by atoms with E-state index in [1.807, 2.05) is 0 Å². The van der Waals surface area contributed by atoms with Gasteiger partial charge < -0.3 is 4.57 Å². The van der Waals surface area contributed by atoms with E-state index < -0.39 is 0 Å². The SMILES string of the molecule is Cc1cccc(-n2c3ccccc3c3ccc4c(nc5n(-c6cccc(C)c6)c6ccccc6n45)c32)c1. The van der Waals surface area contributed by atoms with E-state index in [2.05, 4.69) is 137 Å². The van der Waals surface area contributed by atoms with Gasteiger partial charge in [-0.15, -0.1) is 0 Å². The standard InChI is InChI=1S/C33H24N4/c1-21-9-7-11-23(19-21)35-27-14-4-3-13-25(27)26-17-18-30-31(32(26)35)34-33-36(24-12-8-10-22(2)20-24)28-15-5-6-16-29(28)37(30)33/h3-20H,1-2H3. The van der Waals surface area contributed by atoms with Crippen LogP contribution in [0.3, 0.4) is 0 Å². The zero-order valence-corrected chi connectivity index (χ0v) is 20.7. The lowest BCUT2D eigenvalue weighted by atomic mass is 10.1. The third kappa shape index (κ3) is 2.75. The quantitative estimate of drug-likeness (QED) is 0.247. The molecule has 3 aromatic heterocycles. The van der Waals surface area contributed by atoms with E-state index >= 15 is 0 Å². The molecule has 0 bridgehead atoms. The van der Waals surface area contributed by atoms with E-state index in [9.17, 15) is 0 Å². The van der Waals surface area contributed by atoms with Crippen molar-refractivity contribution < 1.29 is 0 Å². The summed E-state index contributed by atoms with van der Waals surface area (Å²) in [5, 5.41) is 2.46. The van der Waals surface area contributed by atoms with Crippen molar-refractivity contribution in [3.63, 3.8) is 0 Å². The minimum Gasteiger partial charge on any atom is -0.307 e. The monoisotopic (exact) mass is 476 g/mol. The Morgan fingerprint density at radius 1 is 0.514 bits per heavy atom. The van der Waals surface area contributed by atoms with Gasteiger partial charge in [0.1, 0.15) is 5.52 Å². The van der Waals surface area contributed by atoms with Gasteiger partial charge in [0, 0.05) is 22.1 Å². The molecule has 5 aromatic carbocycles. The molecule has 0 saturated carbocycles. The predicted molar refractivity (Wildman–Crippen MR) is 153 cm³/mol. The molecule has 0 aliphatic heterocycles. The number of rotatable bonds is 2. The van der Waals surface area contributed by atoms with Crippen molar-refractivity contribution in [2.45, 2.75) is 13.8 Å². The van der Waals surface area contributed by atoms with Gasteiger partial charge in [-0.1, -0.05) is 54.6 Å². The van der Waals surface area contributed by atoms with Crippen LogP contribution in [-0.4, -0.2) is 18.5 Å². The first-order valence-electron chi connectivity index (χ1n) is 12.7. The van der Waals surface area contributed by atoms with Crippen LogP contribution in [0, 0.1) is 13.8 Å². The summed E-state index contributed by atoms with van der Waals surface area (Å²) in [5.74, 6) is 0.926. The maximum absolute atomic E-state index is 5.40. The number of fused-ring (bicyclic) bond motifs is 9. The van der Waals surface area contributed by atoms with Crippen LogP contribution in [0.15, 0.2) is 109 Å². The molecule has 0 aliphatic carbocycles. The third-order valence-corrected chi connectivity index (χ3v) is 7.52. The first kappa shape index (κ1) is 20.4. The van der Waals surface area contributed by atoms with E-state index in [1.54, 1.807) is 0 Å². The smallest absolute Gasteiger partial charge is 0.220 e. The largest absolute Gasteiger partial charge is 0.307 e. The number of hydrogen-bond donors (Lipinski definition) is 0. The fourth-order valence-electron chi connectivity index (χ4n) is 5.97. The second-order valence-corrected chi connectivity index (χ2v) is 9.93. The summed E-state index contributed by atoms with van der Waals surface area (Å²) in [6.07, 6.45) is 0. The number of benzene rings is 5. The highest BCUT2D eigenvalue weighted by molar-refractivity contribution is 6.18. The molecule has 0 atom stereocenters. The van der Waals surface area contributed by atoms with Crippen LogP contribution in [0.4, 0.5) is 0 Å². The normalized spacial score (nSPS) is 12.1. The maximum Gasteiger partial charge on any atom is 0.220 e. The number of nitrogens with zero attached hydrogens (tertiary/aromatic N) is 4. The number of para-hydroxylation sites is 3. The van der Waals surface area contributed by atoms with Crippen molar-refractivity contribution >= 4 is 49.7 Å². The van der Waals surface area contributed by atoms with Crippen molar-refractivity contribution in [1.82, 2.24) is 18.5 Å². The van der Waals surface area contributed by atoms with Crippen molar-refractivity contribution in [1.29, 1.82) is 0 Å². The minimum absolute atomic E-state index is 0.926. The van der Waals surface area contributed by atoms with Gasteiger partial charge in [0.25, 0.3) is 0 Å². The highest BCUT2D eigenvalue weighted by Gasteiger charge is 2.22. The van der Waals surface area contributed by atoms with Gasteiger partial charge in [0.2, 0.25) is 5.78 Å². The van der Waals surface area contributed by atoms with Gasteiger partial charge in [-0.05, 0) is 79.6 Å². The van der Waals surface area contributed by atoms with Crippen LogP contribution in [-0.2, 0) is 0 Å². The van der Waals surface area contributed by atoms with Crippen molar-refractivity contribution in [3.8, 4) is 11.4 Å². The molecule has 0 unspecified atom stereocenters. The van der Waals surface area contributed by atoms with Gasteiger partial charge in [-0.25, -0.2) is 4.98 Å². The summed E-state index contributed by atoms with van der Waals surface area (Å²) in [6, 6.07) is 39.1. The zero-order valence-electron chi connectivity index (χ0n) is 20.7. The fraction of sp³-hybridized carbons (Fsp3) is 0.0606. The lowest BCUT2D eigenvalue weighted by Crippen LogP contribution is -1.96. The highest BCUT2D eigenvalue weighted by atomic mass is 15.2. The number of aryl methyl sites for hydroxylation is 2. The summed E-state index contributed by atoms with van der Waals surface area (Å²) in [7, 11) is 0. The first-order valence-corrected chi connectivity index (χ1v) is 12.7. The first-order chi connectivity index (χ1) is 18.2. The lowest BCUT2D eigenvalue weighted by molar-refractivity contribution is 1.10. The van der Waals surface area contributed by atoms with Crippen LogP contribution in [0.25, 0.3) is 61.0 Å². The average molecular weight is 477 g/mol. The van der Waals surface area contributed by atoms with Crippen LogP contribution in [0.1, 0.15) is 11.1 Å². The van der Waals surface area contributed by atoms with Crippen molar-refractivity contribution in [2.24, 2.45) is 0 Å². The molecule has 0 spiro atoms. The molecule has 0 amide bonds. The molecule has 0 fully saturated rings. The van der Waals surface area contributed by atoms with Crippen LogP contribution < -0.4 is 0 Å². The van der Waals surface area contributed by atoms with Gasteiger partial charge in [-0.3, -0.25) is 8.97 Å². The van der Waals surface area contributed by atoms with Crippen LogP contribution in [0.5, 0.6) is 0 Å². The fourth-order valence-corrected chi connectivity index (χ4v) is 5.97. The second-order valence-electron chi connectivity index (χ2n) is 9.93. The Kier molecular flexibility index (Phi) is 4.04. The van der Waals surface area contributed by atoms with Crippen LogP contribution >= 0.6 is 0 Å². The molecule has 0 aliphatic rings. The van der Waals surface area contributed by atoms with Gasteiger partial charge in [0.15, 0.2) is 0 Å². The molecule has 8 rings (SSSR count). The van der Waals surface area contributed by atoms with E-state index in [0.717, 1.165) is 44.7 Å². The summed E-state index contributed by atoms with van der Waals surface area (Å²) < 4.78 is 6.98. The van der Waals surface area contributed by atoms with E-state index in [-0.39, 0.29) is 0 Å². The predicted octanol–water partition coefficient (Wildman–Crippen LogP) is 8.15. The van der Waals surface area contributed by atoms with Crippen LogP contribution in [0.2, 0.25) is 0 Å². The zero-order chi connectivity index (χ0) is 24.7. The van der Waals surface area contributed by atoms with E-state index in [4.69, 9.17) is 4.98 Å². The average Bonchev–Trinajstić information content (AvgIpc) is 3.55. The number of aromatic nitrogens is 4. The number of hydrogen-bond acceptors (Lipinski definition) is 1. The molecular formula is C33H24N4. The molecular weight excluding hydrogens is 452 g/mol. The van der Waals surface area contributed by atoms with Gasteiger partial charge >= 0.3 is 0 Å². The molecule has 0 radical (unpaired) electrons. The highest BCUT2D eigenvalue weighted by Crippen LogP contribution is 2.38. The molecule has 4 nitrogen and oxygen atoms in total. The van der Waals surface area contributed by atoms with E-state index in [0.29, 0.717) is 0 Å². The Labute approximate surface area is 213 Å². The molecule has 8 aromatic rings. The minimum atomic E-state index is 0.926. The Morgan fingerprint density at radius 2 is 1.16 bits per heavy atom. The summed E-state index contributed by atoms with van der Waals surface area (Å²) in [6.45, 7) is 4.28. The van der Waals surface area contributed by atoms with Crippen molar-refractivity contribution in [2.75, 3.05) is 0 Å². The molecule has 37 heavy (non-hydrogen) atoms. The Balaban J connectivity index is 1.60.